The predicted octanol–water partition coefficient (Wildman–Crippen LogP) is 3.66. The quantitative estimate of drug-likeness (QED) is 0.540. The Morgan fingerprint density at radius 3 is 2.75 bits per heavy atom. The van der Waals surface area contributed by atoms with Crippen LogP contribution >= 0.6 is 0 Å². The van der Waals surface area contributed by atoms with Gasteiger partial charge in [-0.3, -0.25) is 4.57 Å². The molecule has 8 nitrogen and oxygen atoms in total. The van der Waals surface area contributed by atoms with Gasteiger partial charge in [0.05, 0.1) is 27.7 Å². The Kier molecular flexibility index (Phi) is 3.81. The lowest BCUT2D eigenvalue weighted by Gasteiger charge is -2.26. The SMILES string of the molecule is [2H]C1C([2H])(Nc2ncc3nc(Nc4c(F)cc(F)cc4F)n(C4CCOC4)c3n2)CC([2H])([2H])C([2H])(O)C1([2H])[2H]. The minimum absolute atomic E-state index is 0.0695. The van der Waals surface area contributed by atoms with Gasteiger partial charge in [-0.25, -0.2) is 23.1 Å². The fraction of sp³-hybridized carbons (Fsp3) is 0.476. The number of hydrogen-bond acceptors (Lipinski definition) is 7. The highest BCUT2D eigenvalue weighted by Gasteiger charge is 2.27. The zero-order chi connectivity index (χ0) is 28.5. The van der Waals surface area contributed by atoms with E-state index in [1.807, 2.05) is 0 Å². The third kappa shape index (κ3) is 4.09. The van der Waals surface area contributed by atoms with Crippen molar-refractivity contribution >= 4 is 28.7 Å². The lowest BCUT2D eigenvalue weighted by Crippen LogP contribution is -2.29. The number of anilines is 3. The molecule has 0 bridgehead atoms. The van der Waals surface area contributed by atoms with Crippen molar-refractivity contribution in [2.45, 2.75) is 50.1 Å². The molecule has 3 heterocycles. The van der Waals surface area contributed by atoms with Crippen LogP contribution in [0.4, 0.5) is 30.8 Å². The second-order valence-electron chi connectivity index (χ2n) is 7.24. The van der Waals surface area contributed by atoms with E-state index in [0.29, 0.717) is 25.2 Å². The van der Waals surface area contributed by atoms with E-state index < -0.39 is 66.8 Å². The molecule has 1 saturated carbocycles. The summed E-state index contributed by atoms with van der Waals surface area (Å²) in [4.78, 5) is 12.7. The van der Waals surface area contributed by atoms with Crippen LogP contribution in [-0.4, -0.2) is 49.9 Å². The summed E-state index contributed by atoms with van der Waals surface area (Å²) in [5, 5.41) is 15.2. The Morgan fingerprint density at radius 1 is 1.19 bits per heavy atom. The molecule has 4 atom stereocenters. The number of nitrogens with zero attached hydrogens (tertiary/aromatic N) is 4. The average molecular weight is 455 g/mol. The molecule has 32 heavy (non-hydrogen) atoms. The molecule has 2 aromatic heterocycles. The van der Waals surface area contributed by atoms with E-state index in [2.05, 4.69) is 25.6 Å². The molecule has 1 saturated heterocycles. The number of rotatable bonds is 5. The van der Waals surface area contributed by atoms with Gasteiger partial charge in [0.25, 0.3) is 0 Å². The van der Waals surface area contributed by atoms with E-state index in [-0.39, 0.29) is 29.7 Å². The molecule has 2 fully saturated rings. The lowest BCUT2D eigenvalue weighted by molar-refractivity contribution is 0.126. The second-order valence-corrected chi connectivity index (χ2v) is 7.24. The summed E-state index contributed by atoms with van der Waals surface area (Å²) in [6.45, 7) is 0.566. The molecule has 1 aliphatic carbocycles. The molecule has 3 N–H and O–H groups in total. The molecule has 3 aromatic rings. The van der Waals surface area contributed by atoms with Gasteiger partial charge in [-0.15, -0.1) is 0 Å². The maximum Gasteiger partial charge on any atom is 0.224 e. The Labute approximate surface area is 191 Å². The molecule has 5 rings (SSSR count). The summed E-state index contributed by atoms with van der Waals surface area (Å²) in [6.07, 6.45) is -10.8. The first-order valence-electron chi connectivity index (χ1n) is 13.3. The van der Waals surface area contributed by atoms with Gasteiger partial charge < -0.3 is 20.5 Å². The number of halogens is 3. The van der Waals surface area contributed by atoms with Crippen molar-refractivity contribution in [3.8, 4) is 0 Å². The third-order valence-electron chi connectivity index (χ3n) is 5.05. The van der Waals surface area contributed by atoms with Gasteiger partial charge >= 0.3 is 0 Å². The number of nitrogens with one attached hydrogen (secondary N) is 2. The van der Waals surface area contributed by atoms with E-state index >= 15 is 0 Å². The summed E-state index contributed by atoms with van der Waals surface area (Å²) in [7, 11) is 0. The monoisotopic (exact) mass is 455 g/mol. The van der Waals surface area contributed by atoms with Crippen molar-refractivity contribution < 1.29 is 32.6 Å². The molecular weight excluding hydrogens is 425 g/mol. The highest BCUT2D eigenvalue weighted by molar-refractivity contribution is 5.76. The van der Waals surface area contributed by atoms with Crippen molar-refractivity contribution in [3.05, 3.63) is 35.8 Å². The van der Waals surface area contributed by atoms with Crippen LogP contribution < -0.4 is 10.6 Å². The number of hydrogen-bond donors (Lipinski definition) is 3. The van der Waals surface area contributed by atoms with Crippen LogP contribution in [0.3, 0.4) is 0 Å². The molecule has 11 heteroatoms. The number of benzene rings is 1. The molecule has 1 aromatic carbocycles. The minimum atomic E-state index is -3.30. The number of aliphatic hydroxyl groups is 1. The molecule has 170 valence electrons. The van der Waals surface area contributed by atoms with Crippen LogP contribution in [0.15, 0.2) is 18.3 Å². The van der Waals surface area contributed by atoms with Crippen LogP contribution in [0.2, 0.25) is 0 Å². The molecular formula is C21H23F3N6O2. The normalized spacial score (nSPS) is 36.8. The van der Waals surface area contributed by atoms with Gasteiger partial charge in [0.1, 0.15) is 17.0 Å². The average Bonchev–Trinajstić information content (AvgIpc) is 3.46. The van der Waals surface area contributed by atoms with Crippen molar-refractivity contribution in [2.24, 2.45) is 0 Å². The summed E-state index contributed by atoms with van der Waals surface area (Å²) >= 11 is 0. The van der Waals surface area contributed by atoms with E-state index in [9.17, 15) is 18.3 Å². The maximum atomic E-state index is 14.4. The van der Waals surface area contributed by atoms with Crippen LogP contribution in [0.25, 0.3) is 11.2 Å². The topological polar surface area (TPSA) is 97.1 Å². The zero-order valence-electron chi connectivity index (χ0n) is 23.5. The first-order valence-corrected chi connectivity index (χ1v) is 9.74. The Morgan fingerprint density at radius 2 is 2.00 bits per heavy atom. The van der Waals surface area contributed by atoms with Gasteiger partial charge in [0, 0.05) is 31.6 Å². The van der Waals surface area contributed by atoms with Crippen molar-refractivity contribution in [1.29, 1.82) is 0 Å². The fourth-order valence-electron chi connectivity index (χ4n) is 3.54. The number of imidazole rings is 1. The zero-order valence-corrected chi connectivity index (χ0v) is 16.5. The maximum absolute atomic E-state index is 14.4. The van der Waals surface area contributed by atoms with Gasteiger partial charge in [-0.2, -0.15) is 4.98 Å². The number of ether oxygens (including phenoxy) is 1. The van der Waals surface area contributed by atoms with Crippen molar-refractivity contribution in [1.82, 2.24) is 19.5 Å². The number of fused-ring (bicyclic) bond motifs is 1. The molecule has 4 unspecified atom stereocenters. The van der Waals surface area contributed by atoms with Crippen LogP contribution in [0, 0.1) is 17.5 Å². The van der Waals surface area contributed by atoms with Gasteiger partial charge in [-0.05, 0) is 32.0 Å². The van der Waals surface area contributed by atoms with Gasteiger partial charge in [-0.1, -0.05) is 0 Å². The third-order valence-corrected chi connectivity index (χ3v) is 5.05. The summed E-state index contributed by atoms with van der Waals surface area (Å²) in [6, 6.07) is -1.81. The summed E-state index contributed by atoms with van der Waals surface area (Å²) in [5.41, 5.74) is -0.401. The molecule has 0 amide bonds. The Balaban J connectivity index is 1.56. The van der Waals surface area contributed by atoms with Crippen LogP contribution in [0.1, 0.15) is 47.6 Å². The first kappa shape index (κ1) is 14.3. The smallest absolute Gasteiger partial charge is 0.224 e. The van der Waals surface area contributed by atoms with Crippen molar-refractivity contribution in [3.63, 3.8) is 0 Å². The molecule has 1 aliphatic heterocycles. The van der Waals surface area contributed by atoms with Crippen LogP contribution in [0.5, 0.6) is 0 Å². The summed E-state index contributed by atoms with van der Waals surface area (Å²) in [5.74, 6) is -3.89. The first-order chi connectivity index (χ1) is 18.1. The van der Waals surface area contributed by atoms with Gasteiger partial charge in [0.15, 0.2) is 17.3 Å². The van der Waals surface area contributed by atoms with Gasteiger partial charge in [0.2, 0.25) is 11.9 Å². The highest BCUT2D eigenvalue weighted by atomic mass is 19.1. The summed E-state index contributed by atoms with van der Waals surface area (Å²) < 4.78 is 106. The largest absolute Gasteiger partial charge is 0.393 e. The molecule has 0 radical (unpaired) electrons. The highest BCUT2D eigenvalue weighted by Crippen LogP contribution is 2.32. The molecule has 0 spiro atoms. The lowest BCUT2D eigenvalue weighted by atomic mass is 9.93. The standard InChI is InChI=1S/C21H23F3N6O2/c22-11-7-15(23)18(16(24)8-11)28-21-27-17-9-25-20(26-12-1-3-14(31)4-2-12)29-19(17)30(21)13-5-6-32-10-13/h7-9,12-14,31H,1-6,10H2,(H,27,28)(H,25,26,29)/i1D,3D2,4D2,12D,14D. The fourth-order valence-corrected chi connectivity index (χ4v) is 3.54. The minimum Gasteiger partial charge on any atom is -0.393 e. The Hall–Kier alpha value is -2.92. The predicted molar refractivity (Wildman–Crippen MR) is 111 cm³/mol. The van der Waals surface area contributed by atoms with E-state index in [1.165, 1.54) is 10.8 Å². The van der Waals surface area contributed by atoms with E-state index in [0.717, 1.165) is 0 Å². The Bertz CT molecular complexity index is 1420. The van der Waals surface area contributed by atoms with E-state index in [4.69, 9.17) is 14.3 Å². The van der Waals surface area contributed by atoms with Crippen LogP contribution in [-0.2, 0) is 4.74 Å². The number of aromatic nitrogens is 4. The molecule has 2 aliphatic rings. The van der Waals surface area contributed by atoms with Crippen molar-refractivity contribution in [2.75, 3.05) is 23.8 Å². The second kappa shape index (κ2) is 8.55. The van der Waals surface area contributed by atoms with E-state index in [1.54, 1.807) is 0 Å².